The molecule has 1 aliphatic rings. The predicted molar refractivity (Wildman–Crippen MR) is 109 cm³/mol. The van der Waals surface area contributed by atoms with Gasteiger partial charge in [0.1, 0.15) is 5.82 Å². The Labute approximate surface area is 169 Å². The number of carbonyl (C=O) groups is 1. The molecule has 0 saturated heterocycles. The van der Waals surface area contributed by atoms with Crippen molar-refractivity contribution in [2.45, 2.75) is 39.2 Å². The first-order valence-corrected chi connectivity index (χ1v) is 9.20. The summed E-state index contributed by atoms with van der Waals surface area (Å²) >= 11 is 0. The molecule has 1 aromatic heterocycles. The maximum atomic E-state index is 14.3. The van der Waals surface area contributed by atoms with Crippen molar-refractivity contribution >= 4 is 23.1 Å². The maximum Gasteiger partial charge on any atom is 0.305 e. The lowest BCUT2D eigenvalue weighted by molar-refractivity contribution is -0.140. The molecular formula is C23H23FN2O2. The normalized spacial score (nSPS) is 14.8. The number of carbonyl (C=O) groups excluding carboxylic acids is 1. The molecule has 2 heterocycles. The summed E-state index contributed by atoms with van der Waals surface area (Å²) in [6.45, 7) is 4.46. The Balaban J connectivity index is 2.12. The number of aryl methyl sites for hydroxylation is 1. The lowest BCUT2D eigenvalue weighted by atomic mass is 9.97. The van der Waals surface area contributed by atoms with Gasteiger partial charge in [-0.2, -0.15) is 0 Å². The van der Waals surface area contributed by atoms with Gasteiger partial charge in [-0.15, -0.1) is 0 Å². The second kappa shape index (κ2) is 7.23. The molecule has 0 unspecified atom stereocenters. The van der Waals surface area contributed by atoms with Crippen molar-refractivity contribution in [2.24, 2.45) is 4.99 Å². The van der Waals surface area contributed by atoms with Crippen LogP contribution in [0.15, 0.2) is 41.3 Å². The van der Waals surface area contributed by atoms with Crippen LogP contribution in [0.4, 0.5) is 4.39 Å². The molecule has 2 aromatic carbocycles. The zero-order chi connectivity index (χ0) is 23.3. The molecule has 0 N–H and O–H groups in total. The van der Waals surface area contributed by atoms with E-state index < -0.39 is 30.0 Å². The summed E-state index contributed by atoms with van der Waals surface area (Å²) in [4.78, 5) is 16.2. The third-order valence-corrected chi connectivity index (χ3v) is 5.02. The van der Waals surface area contributed by atoms with Crippen LogP contribution < -0.4 is 0 Å². The highest BCUT2D eigenvalue weighted by atomic mass is 19.1. The molecular weight excluding hydrogens is 355 g/mol. The number of aromatic nitrogens is 1. The van der Waals surface area contributed by atoms with E-state index in [4.69, 9.17) is 10.2 Å². The summed E-state index contributed by atoms with van der Waals surface area (Å²) < 4.78 is 53.6. The highest BCUT2D eigenvalue weighted by Crippen LogP contribution is 2.37. The third kappa shape index (κ3) is 3.11. The van der Waals surface area contributed by atoms with Gasteiger partial charge in [0.05, 0.1) is 24.7 Å². The van der Waals surface area contributed by atoms with Gasteiger partial charge in [0.2, 0.25) is 0 Å². The molecule has 28 heavy (non-hydrogen) atoms. The molecule has 3 aromatic rings. The standard InChI is InChI=1S/C23H23FN2O2/c1-14(2)23-19(8-9-22(27)28-3)20-10-15-12-25-13-16(15)11-21(20)26(23)18-6-4-17(24)5-7-18/h4-7,10-11,13-14H,8-9,12H2,1-3H3/i4D,5D,6D,7D. The zero-order valence-corrected chi connectivity index (χ0v) is 16.0. The number of methoxy groups -OCH3 is 1. The minimum atomic E-state index is -1.18. The van der Waals surface area contributed by atoms with E-state index in [2.05, 4.69) is 4.99 Å². The molecule has 4 nitrogen and oxygen atoms in total. The molecule has 0 spiro atoms. The SMILES string of the molecule is [2H]c1c([2H])c(-n2c(C(C)C)c(CCC(=O)OC)c3cc4c(cc32)C=NC4)c([2H])c([2H])c1F. The lowest BCUT2D eigenvalue weighted by Crippen LogP contribution is -2.07. The van der Waals surface area contributed by atoms with Crippen LogP contribution in [0.2, 0.25) is 0 Å². The molecule has 0 fully saturated rings. The minimum absolute atomic E-state index is 0.00527. The molecule has 4 rings (SSSR count). The average Bonchev–Trinajstić information content (AvgIpc) is 3.35. The van der Waals surface area contributed by atoms with E-state index in [1.807, 2.05) is 26.0 Å². The fourth-order valence-electron chi connectivity index (χ4n) is 3.82. The second-order valence-electron chi connectivity index (χ2n) is 7.13. The number of benzene rings is 2. The van der Waals surface area contributed by atoms with E-state index in [0.717, 1.165) is 27.8 Å². The number of halogens is 1. The summed E-state index contributed by atoms with van der Waals surface area (Å²) in [6.07, 6.45) is 2.29. The molecule has 144 valence electrons. The summed E-state index contributed by atoms with van der Waals surface area (Å²) in [5.41, 5.74) is 4.24. The average molecular weight is 382 g/mol. The predicted octanol–water partition coefficient (Wildman–Crippen LogP) is 4.93. The number of rotatable bonds is 5. The van der Waals surface area contributed by atoms with Crippen LogP contribution in [-0.2, 0) is 22.5 Å². The third-order valence-electron chi connectivity index (χ3n) is 5.02. The Morgan fingerprint density at radius 2 is 2.07 bits per heavy atom. The molecule has 0 amide bonds. The van der Waals surface area contributed by atoms with Crippen LogP contribution in [0.3, 0.4) is 0 Å². The van der Waals surface area contributed by atoms with Gasteiger partial charge in [0.25, 0.3) is 0 Å². The van der Waals surface area contributed by atoms with Crippen molar-refractivity contribution in [3.63, 3.8) is 0 Å². The van der Waals surface area contributed by atoms with Crippen molar-refractivity contribution in [3.05, 3.63) is 64.5 Å². The van der Waals surface area contributed by atoms with Crippen molar-refractivity contribution in [1.29, 1.82) is 0 Å². The first-order chi connectivity index (χ1) is 15.2. The van der Waals surface area contributed by atoms with Gasteiger partial charge in [0, 0.05) is 29.4 Å². The van der Waals surface area contributed by atoms with Gasteiger partial charge in [-0.3, -0.25) is 9.79 Å². The van der Waals surface area contributed by atoms with Crippen LogP contribution in [0, 0.1) is 5.82 Å². The van der Waals surface area contributed by atoms with E-state index in [-0.39, 0.29) is 24.0 Å². The number of aliphatic imine (C=N–C) groups is 1. The van der Waals surface area contributed by atoms with Crippen molar-refractivity contribution in [3.8, 4) is 5.69 Å². The molecule has 0 atom stereocenters. The number of ether oxygens (including phenoxy) is 1. The quantitative estimate of drug-likeness (QED) is 0.587. The summed E-state index contributed by atoms with van der Waals surface area (Å²) in [6, 6.07) is 1.59. The van der Waals surface area contributed by atoms with Gasteiger partial charge in [-0.1, -0.05) is 13.8 Å². The Bertz CT molecular complexity index is 1270. The zero-order valence-electron chi connectivity index (χ0n) is 20.0. The van der Waals surface area contributed by atoms with Crippen molar-refractivity contribution < 1.29 is 19.4 Å². The Hall–Kier alpha value is -2.95. The van der Waals surface area contributed by atoms with E-state index >= 15 is 0 Å². The lowest BCUT2D eigenvalue weighted by Gasteiger charge is -2.15. The summed E-state index contributed by atoms with van der Waals surface area (Å²) in [5.74, 6) is -1.60. The monoisotopic (exact) mass is 382 g/mol. The first kappa shape index (κ1) is 14.1. The van der Waals surface area contributed by atoms with Crippen LogP contribution in [-0.4, -0.2) is 23.9 Å². The van der Waals surface area contributed by atoms with E-state index in [9.17, 15) is 9.18 Å². The smallest absolute Gasteiger partial charge is 0.305 e. The Kier molecular flexibility index (Phi) is 3.64. The van der Waals surface area contributed by atoms with E-state index in [1.165, 1.54) is 7.11 Å². The molecule has 0 radical (unpaired) electrons. The number of esters is 1. The fraction of sp³-hybridized carbons (Fsp3) is 0.304. The number of fused-ring (bicyclic) bond motifs is 2. The van der Waals surface area contributed by atoms with Crippen LogP contribution in [0.25, 0.3) is 16.6 Å². The summed E-state index contributed by atoms with van der Waals surface area (Å²) in [7, 11) is 1.34. The van der Waals surface area contributed by atoms with Gasteiger partial charge in [0.15, 0.2) is 0 Å². The molecule has 0 saturated carbocycles. The highest BCUT2D eigenvalue weighted by molar-refractivity contribution is 5.96. The van der Waals surface area contributed by atoms with Crippen LogP contribution in [0.5, 0.6) is 0 Å². The highest BCUT2D eigenvalue weighted by Gasteiger charge is 2.23. The molecule has 0 aliphatic carbocycles. The second-order valence-corrected chi connectivity index (χ2v) is 7.13. The Morgan fingerprint density at radius 3 is 2.75 bits per heavy atom. The van der Waals surface area contributed by atoms with Crippen LogP contribution in [0.1, 0.15) is 54.1 Å². The topological polar surface area (TPSA) is 43.6 Å². The van der Waals surface area contributed by atoms with Gasteiger partial charge in [-0.05, 0) is 65.3 Å². The van der Waals surface area contributed by atoms with E-state index in [1.54, 1.807) is 10.8 Å². The Morgan fingerprint density at radius 1 is 1.32 bits per heavy atom. The van der Waals surface area contributed by atoms with Crippen LogP contribution >= 0.6 is 0 Å². The van der Waals surface area contributed by atoms with Gasteiger partial charge in [-0.25, -0.2) is 4.39 Å². The van der Waals surface area contributed by atoms with E-state index in [0.29, 0.717) is 18.5 Å². The van der Waals surface area contributed by atoms with Crippen molar-refractivity contribution in [1.82, 2.24) is 4.57 Å². The number of hydrogen-bond acceptors (Lipinski definition) is 3. The first-order valence-electron chi connectivity index (χ1n) is 11.2. The molecule has 5 heteroatoms. The minimum Gasteiger partial charge on any atom is -0.469 e. The van der Waals surface area contributed by atoms with Crippen molar-refractivity contribution in [2.75, 3.05) is 7.11 Å². The maximum absolute atomic E-state index is 14.3. The molecule has 1 aliphatic heterocycles. The largest absolute Gasteiger partial charge is 0.469 e. The fourth-order valence-corrected chi connectivity index (χ4v) is 3.82. The number of nitrogens with zero attached hydrogens (tertiary/aromatic N) is 2. The number of hydrogen-bond donors (Lipinski definition) is 0. The van der Waals surface area contributed by atoms with Gasteiger partial charge < -0.3 is 9.30 Å². The van der Waals surface area contributed by atoms with Gasteiger partial charge >= 0.3 is 5.97 Å². The summed E-state index contributed by atoms with van der Waals surface area (Å²) in [5, 5.41) is 0.850. The molecule has 0 bridgehead atoms.